The molecule has 2 nitrogen and oxygen atoms in total. The summed E-state index contributed by atoms with van der Waals surface area (Å²) in [6.07, 6.45) is 2.50. The van der Waals surface area contributed by atoms with Gasteiger partial charge >= 0.3 is 0 Å². The molecule has 0 bridgehead atoms. The number of rotatable bonds is 6. The molecule has 1 N–H and O–H groups in total. The maximum Gasteiger partial charge on any atom is 0.107 e. The van der Waals surface area contributed by atoms with Gasteiger partial charge < -0.3 is 5.32 Å². The minimum atomic E-state index is 0.583. The number of thiazole rings is 1. The largest absolute Gasteiger partial charge is 0.308 e. The highest BCUT2D eigenvalue weighted by atomic mass is 32.1. The lowest BCUT2D eigenvalue weighted by Crippen LogP contribution is -2.32. The van der Waals surface area contributed by atoms with E-state index in [1.807, 2.05) is 11.3 Å². The molecule has 0 aliphatic heterocycles. The number of hydrogen-bond donors (Lipinski definition) is 1. The molecule has 0 amide bonds. The van der Waals surface area contributed by atoms with Gasteiger partial charge in [0.1, 0.15) is 5.01 Å². The van der Waals surface area contributed by atoms with E-state index in [4.69, 9.17) is 0 Å². The number of aryl methyl sites for hydroxylation is 2. The first-order chi connectivity index (χ1) is 7.58. The maximum atomic E-state index is 4.55. The highest BCUT2D eigenvalue weighted by Gasteiger charge is 2.13. The molecule has 0 radical (unpaired) electrons. The Morgan fingerprint density at radius 3 is 2.31 bits per heavy atom. The van der Waals surface area contributed by atoms with Crippen LogP contribution in [0.4, 0.5) is 0 Å². The molecule has 0 spiro atoms. The molecule has 0 saturated carbocycles. The van der Waals surface area contributed by atoms with Crippen LogP contribution in [0.2, 0.25) is 0 Å². The number of hydrogen-bond acceptors (Lipinski definition) is 3. The Kier molecular flexibility index (Phi) is 5.42. The molecule has 1 atom stereocenters. The van der Waals surface area contributed by atoms with Gasteiger partial charge in [0.15, 0.2) is 0 Å². The van der Waals surface area contributed by atoms with Crippen molar-refractivity contribution in [1.29, 1.82) is 0 Å². The molecule has 1 aromatic heterocycles. The number of nitrogens with zero attached hydrogens (tertiary/aromatic N) is 1. The van der Waals surface area contributed by atoms with Crippen molar-refractivity contribution in [3.63, 3.8) is 0 Å². The lowest BCUT2D eigenvalue weighted by Gasteiger charge is -2.21. The van der Waals surface area contributed by atoms with Gasteiger partial charge in [-0.2, -0.15) is 0 Å². The van der Waals surface area contributed by atoms with Crippen molar-refractivity contribution in [2.75, 3.05) is 0 Å². The molecule has 0 aliphatic carbocycles. The Balaban J connectivity index is 2.45. The van der Waals surface area contributed by atoms with Crippen molar-refractivity contribution >= 4 is 11.3 Å². The second kappa shape index (κ2) is 6.36. The van der Waals surface area contributed by atoms with Crippen molar-refractivity contribution in [1.82, 2.24) is 10.3 Å². The Bertz CT molecular complexity index is 296. The van der Waals surface area contributed by atoms with E-state index in [0.717, 1.165) is 12.5 Å². The van der Waals surface area contributed by atoms with E-state index in [1.54, 1.807) is 0 Å². The molecule has 16 heavy (non-hydrogen) atoms. The average molecular weight is 240 g/mol. The predicted octanol–water partition coefficient (Wildman–Crippen LogP) is 3.67. The molecule has 1 unspecified atom stereocenters. The van der Waals surface area contributed by atoms with Gasteiger partial charge in [0, 0.05) is 17.5 Å². The van der Waals surface area contributed by atoms with E-state index in [0.29, 0.717) is 6.04 Å². The maximum absolute atomic E-state index is 4.55. The van der Waals surface area contributed by atoms with Crippen LogP contribution in [0, 0.1) is 19.8 Å². The van der Waals surface area contributed by atoms with Crippen LogP contribution in [0.25, 0.3) is 0 Å². The summed E-state index contributed by atoms with van der Waals surface area (Å²) in [7, 11) is 0. The Hall–Kier alpha value is -0.410. The molecule has 1 heterocycles. The summed E-state index contributed by atoms with van der Waals surface area (Å²) in [6, 6.07) is 0.583. The van der Waals surface area contributed by atoms with E-state index in [1.165, 1.54) is 28.4 Å². The second-order valence-electron chi connectivity index (χ2n) is 4.50. The van der Waals surface area contributed by atoms with Crippen molar-refractivity contribution in [2.45, 2.75) is 60.0 Å². The fourth-order valence-electron chi connectivity index (χ4n) is 2.03. The van der Waals surface area contributed by atoms with Crippen LogP contribution >= 0.6 is 11.3 Å². The number of nitrogens with one attached hydrogen (secondary N) is 1. The van der Waals surface area contributed by atoms with Crippen molar-refractivity contribution in [2.24, 2.45) is 5.92 Å². The third kappa shape index (κ3) is 3.56. The smallest absolute Gasteiger partial charge is 0.107 e. The van der Waals surface area contributed by atoms with Crippen LogP contribution in [-0.2, 0) is 6.54 Å². The molecule has 0 aromatic carbocycles. The fraction of sp³-hybridized carbons (Fsp3) is 0.769. The quantitative estimate of drug-likeness (QED) is 0.820. The minimum absolute atomic E-state index is 0.583. The molecule has 3 heteroatoms. The molecule has 0 saturated heterocycles. The molecular formula is C13H24N2S. The molecule has 1 aromatic rings. The molecule has 92 valence electrons. The van der Waals surface area contributed by atoms with E-state index in [2.05, 4.69) is 44.9 Å². The van der Waals surface area contributed by atoms with Crippen molar-refractivity contribution in [3.8, 4) is 0 Å². The molecule has 0 fully saturated rings. The zero-order valence-corrected chi connectivity index (χ0v) is 11.9. The summed E-state index contributed by atoms with van der Waals surface area (Å²) in [5.41, 5.74) is 1.18. The van der Waals surface area contributed by atoms with Gasteiger partial charge in [0.2, 0.25) is 0 Å². The third-order valence-electron chi connectivity index (χ3n) is 3.40. The normalized spacial score (nSPS) is 13.4. The first kappa shape index (κ1) is 13.7. The SMILES string of the molecule is CCC(CC)C(C)NCc1nc(C)c(C)s1. The van der Waals surface area contributed by atoms with Crippen molar-refractivity contribution in [3.05, 3.63) is 15.6 Å². The minimum Gasteiger partial charge on any atom is -0.308 e. The highest BCUT2D eigenvalue weighted by molar-refractivity contribution is 7.11. The first-order valence-corrected chi connectivity index (χ1v) is 7.06. The average Bonchev–Trinajstić information content (AvgIpc) is 2.57. The van der Waals surface area contributed by atoms with Crippen LogP contribution in [0.3, 0.4) is 0 Å². The first-order valence-electron chi connectivity index (χ1n) is 6.24. The second-order valence-corrected chi connectivity index (χ2v) is 5.78. The molecule has 0 aliphatic rings. The van der Waals surface area contributed by atoms with E-state index in [9.17, 15) is 0 Å². The van der Waals surface area contributed by atoms with Crippen LogP contribution < -0.4 is 5.32 Å². The van der Waals surface area contributed by atoms with E-state index < -0.39 is 0 Å². The molecular weight excluding hydrogens is 216 g/mol. The summed E-state index contributed by atoms with van der Waals surface area (Å²) >= 11 is 1.81. The number of aromatic nitrogens is 1. The highest BCUT2D eigenvalue weighted by Crippen LogP contribution is 2.17. The monoisotopic (exact) mass is 240 g/mol. The van der Waals surface area contributed by atoms with Crippen LogP contribution in [-0.4, -0.2) is 11.0 Å². The van der Waals surface area contributed by atoms with Gasteiger partial charge in [-0.05, 0) is 26.7 Å². The Morgan fingerprint density at radius 1 is 1.25 bits per heavy atom. The van der Waals surface area contributed by atoms with Crippen LogP contribution in [0.1, 0.15) is 49.2 Å². The summed E-state index contributed by atoms with van der Waals surface area (Å²) in [4.78, 5) is 5.89. The Morgan fingerprint density at radius 2 is 1.88 bits per heavy atom. The van der Waals surface area contributed by atoms with Gasteiger partial charge in [0.25, 0.3) is 0 Å². The van der Waals surface area contributed by atoms with Gasteiger partial charge in [-0.1, -0.05) is 26.7 Å². The van der Waals surface area contributed by atoms with Crippen molar-refractivity contribution < 1.29 is 0 Å². The standard InChI is InChI=1S/C13H24N2S/c1-6-12(7-2)10(4)14-8-13-15-9(3)11(5)16-13/h10,12,14H,6-8H2,1-5H3. The Labute approximate surface area is 103 Å². The zero-order chi connectivity index (χ0) is 12.1. The lowest BCUT2D eigenvalue weighted by molar-refractivity contribution is 0.353. The fourth-order valence-corrected chi connectivity index (χ4v) is 2.91. The van der Waals surface area contributed by atoms with E-state index in [-0.39, 0.29) is 0 Å². The lowest BCUT2D eigenvalue weighted by atomic mass is 9.96. The van der Waals surface area contributed by atoms with E-state index >= 15 is 0 Å². The van der Waals surface area contributed by atoms with Gasteiger partial charge in [0.05, 0.1) is 5.69 Å². The van der Waals surface area contributed by atoms with Crippen LogP contribution in [0.5, 0.6) is 0 Å². The zero-order valence-electron chi connectivity index (χ0n) is 11.1. The van der Waals surface area contributed by atoms with Gasteiger partial charge in [-0.3, -0.25) is 0 Å². The van der Waals surface area contributed by atoms with Gasteiger partial charge in [-0.25, -0.2) is 4.98 Å². The molecule has 1 rings (SSSR count). The predicted molar refractivity (Wildman–Crippen MR) is 72.0 cm³/mol. The van der Waals surface area contributed by atoms with Crippen LogP contribution in [0.15, 0.2) is 0 Å². The summed E-state index contributed by atoms with van der Waals surface area (Å²) in [5.74, 6) is 0.780. The third-order valence-corrected chi connectivity index (χ3v) is 4.48. The summed E-state index contributed by atoms with van der Waals surface area (Å²) < 4.78 is 0. The summed E-state index contributed by atoms with van der Waals surface area (Å²) in [5, 5.41) is 4.80. The topological polar surface area (TPSA) is 24.9 Å². The van der Waals surface area contributed by atoms with Gasteiger partial charge in [-0.15, -0.1) is 11.3 Å². The summed E-state index contributed by atoms with van der Waals surface area (Å²) in [6.45, 7) is 12.0.